The summed E-state index contributed by atoms with van der Waals surface area (Å²) in [5.41, 5.74) is 7.63. The molecular formula is C29H25N3O2. The fraction of sp³-hybridized carbons (Fsp3) is 0.103. The number of nitrogens with zero attached hydrogens (tertiary/aromatic N) is 2. The number of fused-ring (bicyclic) bond motifs is 2. The highest BCUT2D eigenvalue weighted by molar-refractivity contribution is 6.03. The molecule has 0 aliphatic heterocycles. The number of amides is 1. The minimum absolute atomic E-state index is 0.317. The zero-order valence-electron chi connectivity index (χ0n) is 19.2. The molecule has 0 bridgehead atoms. The van der Waals surface area contributed by atoms with Gasteiger partial charge in [-0.1, -0.05) is 72.3 Å². The number of carbonyl (C=O) groups excluding carboxylic acids is 1. The molecule has 0 saturated carbocycles. The van der Waals surface area contributed by atoms with E-state index in [0.29, 0.717) is 11.3 Å². The Labute approximate surface area is 198 Å². The molecular weight excluding hydrogens is 422 g/mol. The van der Waals surface area contributed by atoms with Gasteiger partial charge in [0, 0.05) is 29.2 Å². The lowest BCUT2D eigenvalue weighted by Crippen LogP contribution is -2.18. The van der Waals surface area contributed by atoms with Gasteiger partial charge in [0.05, 0.1) is 18.9 Å². The molecule has 0 fully saturated rings. The van der Waals surface area contributed by atoms with Crippen molar-refractivity contribution in [1.82, 2.24) is 9.99 Å². The second-order valence-electron chi connectivity index (χ2n) is 8.31. The molecule has 1 aromatic heterocycles. The predicted molar refractivity (Wildman–Crippen MR) is 138 cm³/mol. The van der Waals surface area contributed by atoms with Crippen LogP contribution in [0.5, 0.6) is 5.75 Å². The van der Waals surface area contributed by atoms with Crippen LogP contribution in [0.3, 0.4) is 0 Å². The normalized spacial score (nSPS) is 11.4. The zero-order chi connectivity index (χ0) is 23.5. The first-order chi connectivity index (χ1) is 16.6. The standard InChI is InChI=1S/C29H25N3O2/c1-20-11-13-21(14-12-20)18-32-19-24(25-9-5-6-10-27(25)32)17-30-31-29(33)26-15-22-7-3-4-8-23(22)16-28(26)34-2/h3-17,19H,18H2,1-2H3,(H,31,33). The molecule has 0 aliphatic rings. The van der Waals surface area contributed by atoms with Crippen molar-refractivity contribution in [2.24, 2.45) is 5.10 Å². The average molecular weight is 448 g/mol. The molecule has 0 atom stereocenters. The molecule has 0 radical (unpaired) electrons. The molecule has 34 heavy (non-hydrogen) atoms. The van der Waals surface area contributed by atoms with E-state index in [1.165, 1.54) is 11.1 Å². The Kier molecular flexibility index (Phi) is 5.83. The van der Waals surface area contributed by atoms with Crippen molar-refractivity contribution < 1.29 is 9.53 Å². The summed E-state index contributed by atoms with van der Waals surface area (Å²) in [4.78, 5) is 12.9. The zero-order valence-corrected chi connectivity index (χ0v) is 19.2. The Morgan fingerprint density at radius 3 is 2.44 bits per heavy atom. The van der Waals surface area contributed by atoms with Gasteiger partial charge in [-0.3, -0.25) is 4.79 Å². The van der Waals surface area contributed by atoms with Crippen molar-refractivity contribution in [2.75, 3.05) is 7.11 Å². The maximum absolute atomic E-state index is 12.9. The van der Waals surface area contributed by atoms with E-state index in [2.05, 4.69) is 64.6 Å². The summed E-state index contributed by atoms with van der Waals surface area (Å²) in [6.45, 7) is 2.85. The van der Waals surface area contributed by atoms with Crippen molar-refractivity contribution in [3.05, 3.63) is 113 Å². The van der Waals surface area contributed by atoms with Crippen LogP contribution >= 0.6 is 0 Å². The number of para-hydroxylation sites is 1. The first kappa shape index (κ1) is 21.5. The predicted octanol–water partition coefficient (Wildman–Crippen LogP) is 5.92. The molecule has 4 aromatic carbocycles. The second-order valence-corrected chi connectivity index (χ2v) is 8.31. The first-order valence-corrected chi connectivity index (χ1v) is 11.2. The number of hydrogen-bond acceptors (Lipinski definition) is 3. The molecule has 1 amide bonds. The Bertz CT molecular complexity index is 1510. The average Bonchev–Trinajstić information content (AvgIpc) is 3.21. The van der Waals surface area contributed by atoms with Crippen LogP contribution in [-0.2, 0) is 6.54 Å². The van der Waals surface area contributed by atoms with Crippen LogP contribution < -0.4 is 10.2 Å². The highest BCUT2D eigenvalue weighted by atomic mass is 16.5. The van der Waals surface area contributed by atoms with Gasteiger partial charge in [-0.05, 0) is 41.5 Å². The largest absolute Gasteiger partial charge is 0.496 e. The number of rotatable bonds is 6. The van der Waals surface area contributed by atoms with Crippen LogP contribution in [0.2, 0.25) is 0 Å². The van der Waals surface area contributed by atoms with E-state index in [1.54, 1.807) is 13.3 Å². The summed E-state index contributed by atoms with van der Waals surface area (Å²) in [5, 5.41) is 7.33. The molecule has 0 saturated heterocycles. The summed E-state index contributed by atoms with van der Waals surface area (Å²) in [6.07, 6.45) is 3.76. The third-order valence-corrected chi connectivity index (χ3v) is 5.98. The van der Waals surface area contributed by atoms with E-state index in [9.17, 15) is 4.79 Å². The lowest BCUT2D eigenvalue weighted by Gasteiger charge is -2.09. The number of hydrazone groups is 1. The Balaban J connectivity index is 1.40. The summed E-state index contributed by atoms with van der Waals surface area (Å²) < 4.78 is 7.65. The fourth-order valence-corrected chi connectivity index (χ4v) is 4.19. The molecule has 0 aliphatic carbocycles. The lowest BCUT2D eigenvalue weighted by molar-refractivity contribution is 0.0952. The number of methoxy groups -OCH3 is 1. The van der Waals surface area contributed by atoms with Crippen LogP contribution in [0.25, 0.3) is 21.7 Å². The molecule has 1 N–H and O–H groups in total. The maximum Gasteiger partial charge on any atom is 0.275 e. The summed E-state index contributed by atoms with van der Waals surface area (Å²) in [7, 11) is 1.56. The van der Waals surface area contributed by atoms with Crippen LogP contribution in [0.1, 0.15) is 27.0 Å². The number of benzene rings is 4. The van der Waals surface area contributed by atoms with Crippen LogP contribution in [-0.4, -0.2) is 23.8 Å². The topological polar surface area (TPSA) is 55.6 Å². The van der Waals surface area contributed by atoms with Crippen molar-refractivity contribution >= 4 is 33.8 Å². The second kappa shape index (κ2) is 9.24. The molecule has 5 heteroatoms. The van der Waals surface area contributed by atoms with E-state index in [0.717, 1.165) is 33.8 Å². The van der Waals surface area contributed by atoms with Crippen LogP contribution in [0, 0.1) is 6.92 Å². The van der Waals surface area contributed by atoms with Gasteiger partial charge in [0.1, 0.15) is 5.75 Å². The Morgan fingerprint density at radius 2 is 1.68 bits per heavy atom. The molecule has 0 unspecified atom stereocenters. The maximum atomic E-state index is 12.9. The molecule has 168 valence electrons. The molecule has 5 aromatic rings. The Hall–Kier alpha value is -4.38. The SMILES string of the molecule is COc1cc2ccccc2cc1C(=O)NN=Cc1cn(Cc2ccc(C)cc2)c2ccccc12. The van der Waals surface area contributed by atoms with Gasteiger partial charge >= 0.3 is 0 Å². The monoisotopic (exact) mass is 447 g/mol. The third-order valence-electron chi connectivity index (χ3n) is 5.98. The number of aryl methyl sites for hydroxylation is 1. The van der Waals surface area contributed by atoms with Gasteiger partial charge in [-0.25, -0.2) is 5.43 Å². The summed E-state index contributed by atoms with van der Waals surface area (Å²) >= 11 is 0. The van der Waals surface area contributed by atoms with E-state index >= 15 is 0 Å². The van der Waals surface area contributed by atoms with E-state index in [-0.39, 0.29) is 5.91 Å². The third kappa shape index (κ3) is 4.28. The summed E-state index contributed by atoms with van der Waals surface area (Å²) in [5.74, 6) is 0.198. The molecule has 5 nitrogen and oxygen atoms in total. The number of aromatic nitrogens is 1. The highest BCUT2D eigenvalue weighted by Gasteiger charge is 2.13. The quantitative estimate of drug-likeness (QED) is 0.259. The van der Waals surface area contributed by atoms with Gasteiger partial charge in [0.2, 0.25) is 0 Å². The Morgan fingerprint density at radius 1 is 0.971 bits per heavy atom. The fourth-order valence-electron chi connectivity index (χ4n) is 4.19. The molecule has 5 rings (SSSR count). The smallest absolute Gasteiger partial charge is 0.275 e. The van der Waals surface area contributed by atoms with Gasteiger partial charge < -0.3 is 9.30 Å². The van der Waals surface area contributed by atoms with E-state index in [1.807, 2.05) is 48.5 Å². The van der Waals surface area contributed by atoms with Gasteiger partial charge in [0.25, 0.3) is 5.91 Å². The molecule has 1 heterocycles. The first-order valence-electron chi connectivity index (χ1n) is 11.2. The number of ether oxygens (including phenoxy) is 1. The highest BCUT2D eigenvalue weighted by Crippen LogP contribution is 2.26. The van der Waals surface area contributed by atoms with E-state index in [4.69, 9.17) is 4.74 Å². The number of hydrogen-bond donors (Lipinski definition) is 1. The molecule has 0 spiro atoms. The van der Waals surface area contributed by atoms with Crippen molar-refractivity contribution in [2.45, 2.75) is 13.5 Å². The van der Waals surface area contributed by atoms with E-state index < -0.39 is 0 Å². The van der Waals surface area contributed by atoms with Gasteiger partial charge in [-0.15, -0.1) is 0 Å². The van der Waals surface area contributed by atoms with Crippen molar-refractivity contribution in [3.63, 3.8) is 0 Å². The minimum atomic E-state index is -0.317. The number of carbonyl (C=O) groups is 1. The van der Waals surface area contributed by atoms with Crippen LogP contribution in [0.15, 0.2) is 96.2 Å². The van der Waals surface area contributed by atoms with Crippen molar-refractivity contribution in [3.8, 4) is 5.75 Å². The van der Waals surface area contributed by atoms with Gasteiger partial charge in [-0.2, -0.15) is 5.10 Å². The minimum Gasteiger partial charge on any atom is -0.496 e. The van der Waals surface area contributed by atoms with Gasteiger partial charge in [0.15, 0.2) is 0 Å². The lowest BCUT2D eigenvalue weighted by atomic mass is 10.1. The number of nitrogens with one attached hydrogen (secondary N) is 1. The van der Waals surface area contributed by atoms with Crippen molar-refractivity contribution in [1.29, 1.82) is 0 Å². The van der Waals surface area contributed by atoms with Crippen LogP contribution in [0.4, 0.5) is 0 Å². The summed E-state index contributed by atoms with van der Waals surface area (Å²) in [6, 6.07) is 28.3.